The van der Waals surface area contributed by atoms with E-state index in [0.29, 0.717) is 18.0 Å². The highest BCUT2D eigenvalue weighted by Crippen LogP contribution is 2.13. The second-order valence-electron chi connectivity index (χ2n) is 5.48. The topological polar surface area (TPSA) is 58.2 Å². The Hall–Kier alpha value is -1.07. The fourth-order valence-electron chi connectivity index (χ4n) is 1.72. The molecular weight excluding hydrogens is 272 g/mol. The zero-order chi connectivity index (χ0) is 15.0. The van der Waals surface area contributed by atoms with Crippen LogP contribution in [-0.2, 0) is 16.6 Å². The maximum Gasteiger partial charge on any atom is 0.232 e. The second-order valence-corrected chi connectivity index (χ2v) is 7.32. The molecule has 0 aliphatic heterocycles. The molecular formula is C15H26N2O2S. The smallest absolute Gasteiger partial charge is 0.232 e. The van der Waals surface area contributed by atoms with Crippen molar-refractivity contribution in [2.75, 3.05) is 17.0 Å². The number of rotatable bonds is 9. The van der Waals surface area contributed by atoms with E-state index in [-0.39, 0.29) is 5.75 Å². The van der Waals surface area contributed by atoms with E-state index < -0.39 is 10.0 Å². The molecule has 1 aromatic rings. The van der Waals surface area contributed by atoms with Gasteiger partial charge in [0.15, 0.2) is 0 Å². The molecule has 0 bridgehead atoms. The highest BCUT2D eigenvalue weighted by atomic mass is 32.2. The van der Waals surface area contributed by atoms with Gasteiger partial charge in [0.05, 0.1) is 5.75 Å². The van der Waals surface area contributed by atoms with Gasteiger partial charge in [-0.2, -0.15) is 0 Å². The molecule has 0 spiro atoms. The van der Waals surface area contributed by atoms with Crippen molar-refractivity contribution in [3.8, 4) is 0 Å². The van der Waals surface area contributed by atoms with E-state index in [1.54, 1.807) is 0 Å². The fraction of sp³-hybridized carbons (Fsp3) is 0.600. The summed E-state index contributed by atoms with van der Waals surface area (Å²) in [5, 5.41) is 3.31. The van der Waals surface area contributed by atoms with Crippen molar-refractivity contribution >= 4 is 15.7 Å². The van der Waals surface area contributed by atoms with E-state index in [1.165, 1.54) is 0 Å². The minimum Gasteiger partial charge on any atom is -0.313 e. The lowest BCUT2D eigenvalue weighted by Crippen LogP contribution is -2.18. The highest BCUT2D eigenvalue weighted by Gasteiger charge is 2.11. The molecule has 0 unspecified atom stereocenters. The summed E-state index contributed by atoms with van der Waals surface area (Å²) >= 11 is 0. The summed E-state index contributed by atoms with van der Waals surface area (Å²) in [6.45, 7) is 7.97. The van der Waals surface area contributed by atoms with Crippen LogP contribution in [0.25, 0.3) is 0 Å². The maximum atomic E-state index is 11.9. The standard InChI is InChI=1S/C15H26N2O2S/c1-4-10-16-12-14-5-7-15(8-6-14)17-20(18,19)11-9-13(2)3/h5-8,13,16-17H,4,9-12H2,1-3H3. The molecule has 0 saturated heterocycles. The number of hydrogen-bond acceptors (Lipinski definition) is 3. The molecule has 0 fully saturated rings. The van der Waals surface area contributed by atoms with Crippen LogP contribution >= 0.6 is 0 Å². The third kappa shape index (κ3) is 6.91. The summed E-state index contributed by atoms with van der Waals surface area (Å²) in [6.07, 6.45) is 1.78. The van der Waals surface area contributed by atoms with Gasteiger partial charge in [0.25, 0.3) is 0 Å². The highest BCUT2D eigenvalue weighted by molar-refractivity contribution is 7.92. The van der Waals surface area contributed by atoms with Gasteiger partial charge in [0, 0.05) is 12.2 Å². The average molecular weight is 298 g/mol. The molecule has 0 atom stereocenters. The minimum absolute atomic E-state index is 0.171. The monoisotopic (exact) mass is 298 g/mol. The molecule has 0 radical (unpaired) electrons. The number of anilines is 1. The Kier molecular flexibility index (Phi) is 7.02. The van der Waals surface area contributed by atoms with E-state index >= 15 is 0 Å². The van der Waals surface area contributed by atoms with Gasteiger partial charge < -0.3 is 5.32 Å². The van der Waals surface area contributed by atoms with Gasteiger partial charge in [-0.1, -0.05) is 32.9 Å². The lowest BCUT2D eigenvalue weighted by molar-refractivity contribution is 0.578. The Labute approximate surface area is 123 Å². The predicted octanol–water partition coefficient (Wildman–Crippen LogP) is 2.97. The van der Waals surface area contributed by atoms with E-state index in [1.807, 2.05) is 38.1 Å². The summed E-state index contributed by atoms with van der Waals surface area (Å²) < 4.78 is 26.4. The number of nitrogens with one attached hydrogen (secondary N) is 2. The van der Waals surface area contributed by atoms with Gasteiger partial charge in [-0.25, -0.2) is 8.42 Å². The Morgan fingerprint density at radius 2 is 1.80 bits per heavy atom. The molecule has 0 heterocycles. The maximum absolute atomic E-state index is 11.9. The minimum atomic E-state index is -3.23. The van der Waals surface area contributed by atoms with Crippen LogP contribution in [0.4, 0.5) is 5.69 Å². The van der Waals surface area contributed by atoms with Gasteiger partial charge in [-0.05, 0) is 43.0 Å². The van der Waals surface area contributed by atoms with Crippen molar-refractivity contribution < 1.29 is 8.42 Å². The Bertz CT molecular complexity index is 481. The molecule has 114 valence electrons. The summed E-state index contributed by atoms with van der Waals surface area (Å²) in [5.74, 6) is 0.559. The number of sulfonamides is 1. The largest absolute Gasteiger partial charge is 0.313 e. The first-order valence-electron chi connectivity index (χ1n) is 7.23. The van der Waals surface area contributed by atoms with E-state index in [9.17, 15) is 8.42 Å². The van der Waals surface area contributed by atoms with Crippen LogP contribution in [0.1, 0.15) is 39.2 Å². The molecule has 0 saturated carbocycles. The first kappa shape index (κ1) is 17.0. The van der Waals surface area contributed by atoms with Crippen molar-refractivity contribution in [3.63, 3.8) is 0 Å². The molecule has 0 aliphatic carbocycles. The van der Waals surface area contributed by atoms with Crippen molar-refractivity contribution in [1.29, 1.82) is 0 Å². The zero-order valence-electron chi connectivity index (χ0n) is 12.6. The van der Waals surface area contributed by atoms with Crippen LogP contribution in [0, 0.1) is 5.92 Å². The molecule has 1 rings (SSSR count). The van der Waals surface area contributed by atoms with Gasteiger partial charge >= 0.3 is 0 Å². The molecule has 2 N–H and O–H groups in total. The van der Waals surface area contributed by atoms with Crippen LogP contribution < -0.4 is 10.0 Å². The number of hydrogen-bond donors (Lipinski definition) is 2. The van der Waals surface area contributed by atoms with Gasteiger partial charge in [-0.3, -0.25) is 4.72 Å². The van der Waals surface area contributed by atoms with E-state index in [4.69, 9.17) is 0 Å². The van der Waals surface area contributed by atoms with Crippen LogP contribution in [0.3, 0.4) is 0 Å². The second kappa shape index (κ2) is 8.27. The Morgan fingerprint density at radius 1 is 1.15 bits per heavy atom. The van der Waals surface area contributed by atoms with Crippen LogP contribution in [0.15, 0.2) is 24.3 Å². The van der Waals surface area contributed by atoms with Gasteiger partial charge in [-0.15, -0.1) is 0 Å². The number of benzene rings is 1. The third-order valence-electron chi connectivity index (χ3n) is 2.95. The summed E-state index contributed by atoms with van der Waals surface area (Å²) in [6, 6.07) is 7.53. The molecule has 4 nitrogen and oxygen atoms in total. The van der Waals surface area contributed by atoms with Crippen LogP contribution in [0.2, 0.25) is 0 Å². The quantitative estimate of drug-likeness (QED) is 0.689. The van der Waals surface area contributed by atoms with Crippen molar-refractivity contribution in [1.82, 2.24) is 5.32 Å². The zero-order valence-corrected chi connectivity index (χ0v) is 13.5. The average Bonchev–Trinajstić information content (AvgIpc) is 2.39. The molecule has 5 heteroatoms. The van der Waals surface area contributed by atoms with Crippen LogP contribution in [0.5, 0.6) is 0 Å². The molecule has 20 heavy (non-hydrogen) atoms. The third-order valence-corrected chi connectivity index (χ3v) is 4.27. The van der Waals surface area contributed by atoms with E-state index in [2.05, 4.69) is 17.0 Å². The van der Waals surface area contributed by atoms with Crippen molar-refractivity contribution in [2.24, 2.45) is 5.92 Å². The first-order valence-corrected chi connectivity index (χ1v) is 8.88. The summed E-state index contributed by atoms with van der Waals surface area (Å²) in [4.78, 5) is 0. The first-order chi connectivity index (χ1) is 9.43. The SMILES string of the molecule is CCCNCc1ccc(NS(=O)(=O)CCC(C)C)cc1. The summed E-state index contributed by atoms with van der Waals surface area (Å²) in [5.41, 5.74) is 1.79. The van der Waals surface area contributed by atoms with E-state index in [0.717, 1.165) is 25.1 Å². The van der Waals surface area contributed by atoms with Crippen LogP contribution in [-0.4, -0.2) is 20.7 Å². The molecule has 0 aromatic heterocycles. The fourth-order valence-corrected chi connectivity index (χ4v) is 3.10. The van der Waals surface area contributed by atoms with Gasteiger partial charge in [0.2, 0.25) is 10.0 Å². The predicted molar refractivity (Wildman–Crippen MR) is 85.3 cm³/mol. The Balaban J connectivity index is 2.52. The molecule has 1 aromatic carbocycles. The Morgan fingerprint density at radius 3 is 2.35 bits per heavy atom. The van der Waals surface area contributed by atoms with Gasteiger partial charge in [0.1, 0.15) is 0 Å². The van der Waals surface area contributed by atoms with Crippen molar-refractivity contribution in [3.05, 3.63) is 29.8 Å². The lowest BCUT2D eigenvalue weighted by Gasteiger charge is -2.10. The molecule has 0 aliphatic rings. The molecule has 0 amide bonds. The summed E-state index contributed by atoms with van der Waals surface area (Å²) in [7, 11) is -3.23. The normalized spacial score (nSPS) is 11.8. The van der Waals surface area contributed by atoms with Crippen molar-refractivity contribution in [2.45, 2.75) is 40.2 Å². The lowest BCUT2D eigenvalue weighted by atomic mass is 10.2.